The monoisotopic (exact) mass is 495 g/mol. The molecule has 0 bridgehead atoms. The summed E-state index contributed by atoms with van der Waals surface area (Å²) in [4.78, 5) is 37.2. The Kier molecular flexibility index (Phi) is 6.35. The molecule has 4 atom stereocenters. The van der Waals surface area contributed by atoms with Crippen molar-refractivity contribution in [2.75, 3.05) is 11.5 Å². The van der Waals surface area contributed by atoms with Crippen LogP contribution in [0.2, 0.25) is 0 Å². The number of fused-ring (bicyclic) bond motifs is 1. The van der Waals surface area contributed by atoms with Crippen molar-refractivity contribution in [1.82, 2.24) is 30.4 Å². The summed E-state index contributed by atoms with van der Waals surface area (Å²) in [7, 11) is 0. The minimum atomic E-state index is -1.20. The van der Waals surface area contributed by atoms with E-state index in [1.54, 1.807) is 0 Å². The zero-order chi connectivity index (χ0) is 23.0. The minimum absolute atomic E-state index is 0.0426. The summed E-state index contributed by atoms with van der Waals surface area (Å²) in [6.07, 6.45) is 0.534. The Labute approximate surface area is 195 Å². The van der Waals surface area contributed by atoms with Gasteiger partial charge in [-0.15, -0.1) is 16.9 Å². The number of rotatable bonds is 9. The molecule has 1 aromatic heterocycles. The van der Waals surface area contributed by atoms with Gasteiger partial charge in [-0.1, -0.05) is 24.0 Å². The number of tetrazole rings is 1. The Balaban J connectivity index is 1.43. The van der Waals surface area contributed by atoms with Crippen molar-refractivity contribution in [3.8, 4) is 6.07 Å². The number of β-lactam (4-membered cyclic amide) rings is 1. The van der Waals surface area contributed by atoms with E-state index in [4.69, 9.17) is 22.6 Å². The molecule has 168 valence electrons. The summed E-state index contributed by atoms with van der Waals surface area (Å²) in [6.45, 7) is 0.0951. The average Bonchev–Trinajstić information content (AvgIpc) is 3.43. The van der Waals surface area contributed by atoms with Crippen LogP contribution in [0.15, 0.2) is 16.4 Å². The molecule has 4 rings (SSSR count). The predicted octanol–water partition coefficient (Wildman–Crippen LogP) is -0.0610. The highest BCUT2D eigenvalue weighted by molar-refractivity contribution is 8.01. The fourth-order valence-electron chi connectivity index (χ4n) is 3.48. The van der Waals surface area contributed by atoms with Crippen LogP contribution in [-0.2, 0) is 20.9 Å². The lowest BCUT2D eigenvalue weighted by molar-refractivity contribution is -0.148. The topological polar surface area (TPSA) is 174 Å². The summed E-state index contributed by atoms with van der Waals surface area (Å²) in [6, 6.07) is 1.55. The summed E-state index contributed by atoms with van der Waals surface area (Å²) in [5.41, 5.74) is 0.499. The van der Waals surface area contributed by atoms with Gasteiger partial charge in [0.25, 0.3) is 5.91 Å². The summed E-state index contributed by atoms with van der Waals surface area (Å²) < 4.78 is 1.35. The van der Waals surface area contributed by atoms with Gasteiger partial charge in [0.05, 0.1) is 29.9 Å². The Hall–Kier alpha value is -2.70. The average molecular weight is 496 g/mol. The number of aromatic nitrogens is 4. The molecule has 3 aliphatic rings. The van der Waals surface area contributed by atoms with E-state index in [1.165, 1.54) is 33.1 Å². The van der Waals surface area contributed by atoms with E-state index in [-0.39, 0.29) is 47.5 Å². The molecule has 12 nitrogen and oxygen atoms in total. The van der Waals surface area contributed by atoms with E-state index in [9.17, 15) is 19.5 Å². The molecular weight excluding hydrogens is 478 g/mol. The standard InChI is InChI=1S/C17H17N7O5S3/c18-4-7-3-9(7)13(30)19-11-14(27)24-12(16(28)29)8(5-31-15(11)24)6-32-17-20-21-22-23(17)2-1-10(25)26/h7,9,11,15H,1-3,5-6H2,(H,19,30)(H,25,26)(H,28,29)/t7-,9+,11?,15+/m1/s1. The van der Waals surface area contributed by atoms with Gasteiger partial charge in [0.2, 0.25) is 5.16 Å². The number of amides is 1. The number of hydrogen-bond acceptors (Lipinski definition) is 10. The molecule has 15 heteroatoms. The van der Waals surface area contributed by atoms with Crippen LogP contribution in [-0.4, -0.2) is 81.1 Å². The van der Waals surface area contributed by atoms with Crippen LogP contribution in [0, 0.1) is 23.2 Å². The molecule has 0 aromatic carbocycles. The summed E-state index contributed by atoms with van der Waals surface area (Å²) in [5.74, 6) is -2.08. The number of carboxylic acids is 2. The predicted molar refractivity (Wildman–Crippen MR) is 115 cm³/mol. The minimum Gasteiger partial charge on any atom is -0.481 e. The lowest BCUT2D eigenvalue weighted by atomic mass is 10.0. The van der Waals surface area contributed by atoms with Crippen LogP contribution in [0.5, 0.6) is 0 Å². The molecule has 2 fully saturated rings. The largest absolute Gasteiger partial charge is 0.481 e. The zero-order valence-corrected chi connectivity index (χ0v) is 18.8. The highest BCUT2D eigenvalue weighted by atomic mass is 32.2. The second-order valence-corrected chi connectivity index (χ2v) is 9.84. The molecule has 1 aromatic rings. The molecule has 1 saturated heterocycles. The number of hydrogen-bond donors (Lipinski definition) is 3. The van der Waals surface area contributed by atoms with Gasteiger partial charge in [0, 0.05) is 17.4 Å². The van der Waals surface area contributed by atoms with Crippen molar-refractivity contribution < 1.29 is 24.6 Å². The number of nitriles is 1. The van der Waals surface area contributed by atoms with E-state index in [0.29, 0.717) is 27.9 Å². The van der Waals surface area contributed by atoms with Crippen LogP contribution < -0.4 is 5.32 Å². The molecule has 3 heterocycles. The van der Waals surface area contributed by atoms with Crippen molar-refractivity contribution in [2.45, 2.75) is 36.0 Å². The Morgan fingerprint density at radius 1 is 1.41 bits per heavy atom. The third-order valence-corrected chi connectivity index (χ3v) is 8.06. The first kappa shape index (κ1) is 22.5. The SMILES string of the molecule is N#C[C@H]1C[C@@H]1C(=S)NC1C(=O)N2C(C(=O)O)=C(CSc3nnnn3CCC(=O)O)CS[C@@H]12. The van der Waals surface area contributed by atoms with E-state index in [0.717, 1.165) is 0 Å². The smallest absolute Gasteiger partial charge is 0.352 e. The first-order valence-corrected chi connectivity index (χ1v) is 12.0. The quantitative estimate of drug-likeness (QED) is 0.236. The van der Waals surface area contributed by atoms with E-state index in [2.05, 4.69) is 26.9 Å². The Bertz CT molecular complexity index is 1070. The Morgan fingerprint density at radius 2 is 2.19 bits per heavy atom. The summed E-state index contributed by atoms with van der Waals surface area (Å²) in [5, 5.41) is 41.7. The number of nitrogens with one attached hydrogen (secondary N) is 1. The van der Waals surface area contributed by atoms with Crippen molar-refractivity contribution in [1.29, 1.82) is 5.26 Å². The third kappa shape index (κ3) is 4.30. The van der Waals surface area contributed by atoms with Gasteiger partial charge in [-0.3, -0.25) is 14.5 Å². The molecule has 3 N–H and O–H groups in total. The lowest BCUT2D eigenvalue weighted by Gasteiger charge is -2.49. The summed E-state index contributed by atoms with van der Waals surface area (Å²) >= 11 is 7.94. The van der Waals surface area contributed by atoms with Crippen molar-refractivity contribution in [3.05, 3.63) is 11.3 Å². The normalized spacial score (nSPS) is 26.1. The van der Waals surface area contributed by atoms with Gasteiger partial charge in [0.15, 0.2) is 0 Å². The highest BCUT2D eigenvalue weighted by Crippen LogP contribution is 2.43. The van der Waals surface area contributed by atoms with Crippen molar-refractivity contribution in [3.63, 3.8) is 0 Å². The van der Waals surface area contributed by atoms with Gasteiger partial charge in [-0.05, 0) is 22.4 Å². The molecule has 1 aliphatic carbocycles. The maximum absolute atomic E-state index is 12.8. The van der Waals surface area contributed by atoms with Gasteiger partial charge >= 0.3 is 11.9 Å². The van der Waals surface area contributed by atoms with Crippen molar-refractivity contribution >= 4 is 58.6 Å². The molecule has 1 amide bonds. The number of carbonyl (C=O) groups excluding carboxylic acids is 1. The number of carboxylic acid groups (broad SMARTS) is 2. The molecule has 1 saturated carbocycles. The third-order valence-electron chi connectivity index (χ3n) is 5.25. The first-order valence-electron chi connectivity index (χ1n) is 9.52. The van der Waals surface area contributed by atoms with Gasteiger partial charge in [0.1, 0.15) is 17.1 Å². The van der Waals surface area contributed by atoms with Gasteiger partial charge in [-0.2, -0.15) is 5.26 Å². The highest BCUT2D eigenvalue weighted by Gasteiger charge is 2.55. The number of nitrogens with zero attached hydrogens (tertiary/aromatic N) is 6. The second kappa shape index (κ2) is 9.04. The molecule has 32 heavy (non-hydrogen) atoms. The first-order chi connectivity index (χ1) is 15.3. The number of thiocarbonyl (C=S) groups is 1. The van der Waals surface area contributed by atoms with E-state index < -0.39 is 18.0 Å². The Morgan fingerprint density at radius 3 is 2.84 bits per heavy atom. The number of aliphatic carboxylic acids is 2. The van der Waals surface area contributed by atoms with Crippen molar-refractivity contribution in [2.24, 2.45) is 11.8 Å². The number of carbonyl (C=O) groups is 3. The fraction of sp³-hybridized carbons (Fsp3) is 0.529. The van der Waals surface area contributed by atoms with Crippen LogP contribution in [0.25, 0.3) is 0 Å². The maximum Gasteiger partial charge on any atom is 0.352 e. The zero-order valence-electron chi connectivity index (χ0n) is 16.4. The van der Waals surface area contributed by atoms with Gasteiger partial charge < -0.3 is 15.5 Å². The molecule has 1 unspecified atom stereocenters. The van der Waals surface area contributed by atoms with Crippen LogP contribution in [0.1, 0.15) is 12.8 Å². The van der Waals surface area contributed by atoms with E-state index in [1.807, 2.05) is 0 Å². The van der Waals surface area contributed by atoms with Gasteiger partial charge in [-0.25, -0.2) is 9.48 Å². The second-order valence-electron chi connectivity index (χ2n) is 7.35. The number of thioether (sulfide) groups is 2. The molecule has 2 aliphatic heterocycles. The lowest BCUT2D eigenvalue weighted by Crippen LogP contribution is -2.70. The van der Waals surface area contributed by atoms with Crippen LogP contribution >= 0.6 is 35.7 Å². The number of aryl methyl sites for hydroxylation is 1. The molecule has 0 radical (unpaired) electrons. The molecular formula is C17H17N7O5S3. The fourth-order valence-corrected chi connectivity index (χ4v) is 6.25. The van der Waals surface area contributed by atoms with E-state index >= 15 is 0 Å². The van der Waals surface area contributed by atoms with Crippen LogP contribution in [0.3, 0.4) is 0 Å². The molecule has 0 spiro atoms. The maximum atomic E-state index is 12.8. The van der Waals surface area contributed by atoms with Crippen LogP contribution in [0.4, 0.5) is 0 Å².